The van der Waals surface area contributed by atoms with Gasteiger partial charge in [0.1, 0.15) is 0 Å². The highest BCUT2D eigenvalue weighted by molar-refractivity contribution is 7.94. The topological polar surface area (TPSA) is 37.3 Å². The van der Waals surface area contributed by atoms with Crippen molar-refractivity contribution in [3.63, 3.8) is 0 Å². The molecule has 0 amide bonds. The summed E-state index contributed by atoms with van der Waals surface area (Å²) in [5.41, 5.74) is 1.65. The maximum Gasteiger partial charge on any atom is 0.164 e. The summed E-state index contributed by atoms with van der Waals surface area (Å²) in [6.07, 6.45) is 0.301. The molecular formula is C15H14O2S. The van der Waals surface area contributed by atoms with Gasteiger partial charge in [-0.1, -0.05) is 60.7 Å². The highest BCUT2D eigenvalue weighted by Gasteiger charge is 2.17. The van der Waals surface area contributed by atoms with E-state index in [9.17, 15) is 9.35 Å². The molecular weight excluding hydrogens is 244 g/mol. The number of hydrogen-bond acceptors (Lipinski definition) is 3. The van der Waals surface area contributed by atoms with Gasteiger partial charge >= 0.3 is 0 Å². The Morgan fingerprint density at radius 2 is 1.56 bits per heavy atom. The molecule has 1 atom stereocenters. The van der Waals surface area contributed by atoms with E-state index in [-0.39, 0.29) is 11.0 Å². The highest BCUT2D eigenvalue weighted by atomic mass is 32.2. The first kappa shape index (κ1) is 12.9. The summed E-state index contributed by atoms with van der Waals surface area (Å²) in [6.45, 7) is 0. The Morgan fingerprint density at radius 1 is 1.00 bits per heavy atom. The van der Waals surface area contributed by atoms with Gasteiger partial charge in [0, 0.05) is 12.0 Å². The van der Waals surface area contributed by atoms with Crippen LogP contribution in [0.5, 0.6) is 0 Å². The predicted octanol–water partition coefficient (Wildman–Crippen LogP) is 4.21. The lowest BCUT2D eigenvalue weighted by Gasteiger charge is -2.12. The Kier molecular flexibility index (Phi) is 4.56. The van der Waals surface area contributed by atoms with Crippen LogP contribution in [0.2, 0.25) is 0 Å². The molecule has 1 unspecified atom stereocenters. The normalized spacial score (nSPS) is 12.1. The summed E-state index contributed by atoms with van der Waals surface area (Å²) in [4.78, 5) is 12.1. The number of rotatable bonds is 5. The SMILES string of the molecule is O=C(CC(SO)c1ccccc1)c1ccccc1. The molecule has 0 heterocycles. The quantitative estimate of drug-likeness (QED) is 0.645. The van der Waals surface area contributed by atoms with Crippen LogP contribution in [0.1, 0.15) is 27.6 Å². The molecule has 0 fully saturated rings. The molecule has 0 aromatic heterocycles. The molecule has 3 heteroatoms. The van der Waals surface area contributed by atoms with Gasteiger partial charge in [0.2, 0.25) is 0 Å². The van der Waals surface area contributed by atoms with Crippen LogP contribution < -0.4 is 0 Å². The van der Waals surface area contributed by atoms with Gasteiger partial charge in [0.05, 0.1) is 5.25 Å². The molecule has 2 nitrogen and oxygen atoms in total. The van der Waals surface area contributed by atoms with Crippen LogP contribution in [0.25, 0.3) is 0 Å². The standard InChI is InChI=1S/C15H14O2S/c16-14(12-7-3-1-4-8-12)11-15(18-17)13-9-5-2-6-10-13/h1-10,15,17H,11H2. The first-order valence-electron chi connectivity index (χ1n) is 5.74. The van der Waals surface area contributed by atoms with Gasteiger partial charge in [-0.3, -0.25) is 4.79 Å². The number of ketones is 1. The Labute approximate surface area is 111 Å². The second-order valence-corrected chi connectivity index (χ2v) is 4.78. The minimum atomic E-state index is -0.209. The number of benzene rings is 2. The summed E-state index contributed by atoms with van der Waals surface area (Å²) in [5, 5.41) is -0.209. The van der Waals surface area contributed by atoms with Crippen molar-refractivity contribution < 1.29 is 9.35 Å². The molecule has 18 heavy (non-hydrogen) atoms. The average molecular weight is 258 g/mol. The third kappa shape index (κ3) is 3.22. The molecule has 2 aromatic carbocycles. The van der Waals surface area contributed by atoms with Crippen molar-refractivity contribution >= 4 is 17.8 Å². The number of carbonyl (C=O) groups is 1. The second kappa shape index (κ2) is 6.38. The van der Waals surface area contributed by atoms with Gasteiger partial charge in [0.25, 0.3) is 0 Å². The van der Waals surface area contributed by atoms with Crippen LogP contribution in [0.15, 0.2) is 60.7 Å². The van der Waals surface area contributed by atoms with Gasteiger partial charge < -0.3 is 4.55 Å². The molecule has 0 radical (unpaired) electrons. The van der Waals surface area contributed by atoms with E-state index in [2.05, 4.69) is 0 Å². The summed E-state index contributed by atoms with van der Waals surface area (Å²) < 4.78 is 9.34. The lowest BCUT2D eigenvalue weighted by atomic mass is 10.0. The summed E-state index contributed by atoms with van der Waals surface area (Å²) in [6, 6.07) is 18.7. The van der Waals surface area contributed by atoms with Crippen molar-refractivity contribution in [1.29, 1.82) is 0 Å². The van der Waals surface area contributed by atoms with Crippen molar-refractivity contribution in [2.75, 3.05) is 0 Å². The van der Waals surface area contributed by atoms with Gasteiger partial charge in [-0.25, -0.2) is 0 Å². The number of Topliss-reactive ketones (excluding diaryl/α,β-unsaturated/α-hetero) is 1. The van der Waals surface area contributed by atoms with Crippen LogP contribution >= 0.6 is 12.0 Å². The van der Waals surface area contributed by atoms with Crippen molar-refractivity contribution in [3.8, 4) is 0 Å². The third-order valence-corrected chi connectivity index (χ3v) is 3.46. The van der Waals surface area contributed by atoms with E-state index in [4.69, 9.17) is 0 Å². The molecule has 1 N–H and O–H groups in total. The minimum Gasteiger partial charge on any atom is -0.329 e. The third-order valence-electron chi connectivity index (χ3n) is 2.77. The summed E-state index contributed by atoms with van der Waals surface area (Å²) >= 11 is 0.725. The van der Waals surface area contributed by atoms with Crippen molar-refractivity contribution in [3.05, 3.63) is 71.8 Å². The van der Waals surface area contributed by atoms with Gasteiger partial charge in [-0.15, -0.1) is 0 Å². The molecule has 0 spiro atoms. The number of carbonyl (C=O) groups excluding carboxylic acids is 1. The van der Waals surface area contributed by atoms with E-state index in [0.717, 1.165) is 17.6 Å². The smallest absolute Gasteiger partial charge is 0.164 e. The first-order chi connectivity index (χ1) is 8.81. The lowest BCUT2D eigenvalue weighted by Crippen LogP contribution is -2.05. The van der Waals surface area contributed by atoms with Gasteiger partial charge in [0.15, 0.2) is 5.78 Å². The fraction of sp³-hybridized carbons (Fsp3) is 0.133. The van der Waals surface area contributed by atoms with Crippen molar-refractivity contribution in [2.45, 2.75) is 11.7 Å². The van der Waals surface area contributed by atoms with Gasteiger partial charge in [-0.05, 0) is 17.6 Å². The van der Waals surface area contributed by atoms with E-state index in [1.165, 1.54) is 0 Å². The van der Waals surface area contributed by atoms with Crippen molar-refractivity contribution in [1.82, 2.24) is 0 Å². The molecule has 2 aromatic rings. The lowest BCUT2D eigenvalue weighted by molar-refractivity contribution is 0.0981. The average Bonchev–Trinajstić information content (AvgIpc) is 2.46. The molecule has 0 aliphatic heterocycles. The molecule has 0 aliphatic carbocycles. The zero-order chi connectivity index (χ0) is 12.8. The van der Waals surface area contributed by atoms with Crippen LogP contribution in [0.3, 0.4) is 0 Å². The van der Waals surface area contributed by atoms with Crippen LogP contribution in [0, 0.1) is 0 Å². The Balaban J connectivity index is 2.10. The number of hydrogen-bond donors (Lipinski definition) is 1. The zero-order valence-corrected chi connectivity index (χ0v) is 10.6. The van der Waals surface area contributed by atoms with E-state index in [0.29, 0.717) is 12.0 Å². The first-order valence-corrected chi connectivity index (χ1v) is 6.58. The summed E-state index contributed by atoms with van der Waals surface area (Å²) in [5.74, 6) is 0.0472. The fourth-order valence-corrected chi connectivity index (χ4v) is 2.30. The molecule has 0 saturated carbocycles. The van der Waals surface area contributed by atoms with E-state index in [1.54, 1.807) is 12.1 Å². The largest absolute Gasteiger partial charge is 0.329 e. The molecule has 0 aliphatic rings. The molecule has 92 valence electrons. The Hall–Kier alpha value is -1.58. The van der Waals surface area contributed by atoms with Crippen LogP contribution in [0.4, 0.5) is 0 Å². The maximum atomic E-state index is 12.1. The molecule has 0 bridgehead atoms. The second-order valence-electron chi connectivity index (χ2n) is 4.00. The van der Waals surface area contributed by atoms with E-state index in [1.807, 2.05) is 48.5 Å². The Morgan fingerprint density at radius 3 is 2.11 bits per heavy atom. The van der Waals surface area contributed by atoms with Crippen LogP contribution in [-0.4, -0.2) is 10.3 Å². The monoisotopic (exact) mass is 258 g/mol. The predicted molar refractivity (Wildman–Crippen MR) is 74.8 cm³/mol. The minimum absolute atomic E-state index is 0.0472. The molecule has 2 rings (SSSR count). The summed E-state index contributed by atoms with van der Waals surface area (Å²) in [7, 11) is 0. The zero-order valence-electron chi connectivity index (χ0n) is 9.82. The van der Waals surface area contributed by atoms with Crippen molar-refractivity contribution in [2.24, 2.45) is 0 Å². The molecule has 0 saturated heterocycles. The van der Waals surface area contributed by atoms with Crippen LogP contribution in [-0.2, 0) is 0 Å². The van der Waals surface area contributed by atoms with Gasteiger partial charge in [-0.2, -0.15) is 0 Å². The maximum absolute atomic E-state index is 12.1. The highest BCUT2D eigenvalue weighted by Crippen LogP contribution is 2.30. The van der Waals surface area contributed by atoms with E-state index >= 15 is 0 Å². The van der Waals surface area contributed by atoms with E-state index < -0.39 is 0 Å². The fourth-order valence-electron chi connectivity index (χ4n) is 1.79. The Bertz CT molecular complexity index is 496.